The lowest BCUT2D eigenvalue weighted by Gasteiger charge is -2.30. The number of carbonyl (C=O) groups excluding carboxylic acids is 1. The van der Waals surface area contributed by atoms with Gasteiger partial charge in [0.25, 0.3) is 5.91 Å². The number of nitrogens with zero attached hydrogens (tertiary/aromatic N) is 4. The van der Waals surface area contributed by atoms with Crippen LogP contribution in [0.2, 0.25) is 0 Å². The maximum Gasteiger partial charge on any atom is 0.254 e. The maximum atomic E-state index is 13.3. The molecule has 2 fully saturated rings. The number of fused-ring (bicyclic) bond motifs is 2. The fraction of sp³-hybridized carbons (Fsp3) is 0.462. The molecule has 2 N–H and O–H groups in total. The van der Waals surface area contributed by atoms with Gasteiger partial charge in [-0.2, -0.15) is 0 Å². The summed E-state index contributed by atoms with van der Waals surface area (Å²) >= 11 is 1.31. The van der Waals surface area contributed by atoms with Crippen LogP contribution in [0, 0.1) is 5.92 Å². The molecule has 1 aromatic carbocycles. The van der Waals surface area contributed by atoms with Crippen LogP contribution in [0.15, 0.2) is 28.5 Å². The average Bonchev–Trinajstić information content (AvgIpc) is 3.34. The number of piperidine rings is 1. The van der Waals surface area contributed by atoms with Crippen molar-refractivity contribution < 1.29 is 17.9 Å². The van der Waals surface area contributed by atoms with Crippen molar-refractivity contribution in [1.82, 2.24) is 19.0 Å². The van der Waals surface area contributed by atoms with Crippen molar-refractivity contribution in [3.05, 3.63) is 29.8 Å². The first-order valence-corrected chi connectivity index (χ1v) is 15.3. The van der Waals surface area contributed by atoms with Crippen LogP contribution in [0.25, 0.3) is 32.8 Å². The Morgan fingerprint density at radius 2 is 2.00 bits per heavy atom. The van der Waals surface area contributed by atoms with Gasteiger partial charge in [0.1, 0.15) is 20.3 Å². The van der Waals surface area contributed by atoms with Crippen LogP contribution in [0.3, 0.4) is 0 Å². The molecule has 1 amide bonds. The molecule has 37 heavy (non-hydrogen) atoms. The Bertz CT molecular complexity index is 1640. The standard InChI is InChI=1S/C26H31N5O4S2/c1-29-23-19(9-16(11-21(23)35-2)25(32)30-8-4-5-18(27)14-30)28-24(29)20-10-17-12-22(37(3,33)34)36-26(17)31(20)13-15-6-7-15/h9-12,15,18H,4-8,13-14,27H2,1-3H3/t18-/m1/s1. The summed E-state index contributed by atoms with van der Waals surface area (Å²) in [5.74, 6) is 1.86. The first-order chi connectivity index (χ1) is 17.6. The van der Waals surface area contributed by atoms with Crippen molar-refractivity contribution in [1.29, 1.82) is 0 Å². The fourth-order valence-electron chi connectivity index (χ4n) is 5.32. The van der Waals surface area contributed by atoms with E-state index >= 15 is 0 Å². The zero-order chi connectivity index (χ0) is 26.1. The number of rotatable bonds is 6. The normalized spacial score (nSPS) is 18.7. The summed E-state index contributed by atoms with van der Waals surface area (Å²) in [4.78, 5) is 21.1. The molecule has 0 unspecified atom stereocenters. The fourth-order valence-corrected chi connectivity index (χ4v) is 7.40. The number of hydrogen-bond donors (Lipinski definition) is 1. The quantitative estimate of drug-likeness (QED) is 0.399. The summed E-state index contributed by atoms with van der Waals surface area (Å²) in [6, 6.07) is 7.41. The monoisotopic (exact) mass is 541 g/mol. The molecule has 2 aliphatic rings. The molecule has 6 rings (SSSR count). The summed E-state index contributed by atoms with van der Waals surface area (Å²) in [6.45, 7) is 2.07. The van der Waals surface area contributed by atoms with E-state index in [1.807, 2.05) is 28.6 Å². The van der Waals surface area contributed by atoms with Crippen molar-refractivity contribution in [2.24, 2.45) is 18.7 Å². The van der Waals surface area contributed by atoms with Gasteiger partial charge in [0.15, 0.2) is 15.7 Å². The molecular weight excluding hydrogens is 510 g/mol. The van der Waals surface area contributed by atoms with Gasteiger partial charge in [-0.05, 0) is 55.9 Å². The minimum atomic E-state index is -3.28. The molecule has 0 bridgehead atoms. The minimum Gasteiger partial charge on any atom is -0.494 e. The van der Waals surface area contributed by atoms with Crippen LogP contribution in [0.4, 0.5) is 0 Å². The number of aromatic nitrogens is 3. The Labute approximate surface area is 219 Å². The van der Waals surface area contributed by atoms with E-state index < -0.39 is 9.84 Å². The molecule has 1 aliphatic carbocycles. The molecule has 9 nitrogen and oxygen atoms in total. The Kier molecular flexibility index (Phi) is 5.85. The van der Waals surface area contributed by atoms with Crippen molar-refractivity contribution in [3.8, 4) is 17.3 Å². The first kappa shape index (κ1) is 24.4. The summed E-state index contributed by atoms with van der Waals surface area (Å²) in [6.07, 6.45) is 5.42. The molecule has 0 spiro atoms. The number of aryl methyl sites for hydroxylation is 1. The van der Waals surface area contributed by atoms with Crippen molar-refractivity contribution in [3.63, 3.8) is 0 Å². The van der Waals surface area contributed by atoms with E-state index in [2.05, 4.69) is 4.57 Å². The number of benzene rings is 1. The van der Waals surface area contributed by atoms with Gasteiger partial charge in [0.2, 0.25) is 0 Å². The topological polar surface area (TPSA) is 112 Å². The van der Waals surface area contributed by atoms with E-state index in [-0.39, 0.29) is 11.9 Å². The predicted octanol–water partition coefficient (Wildman–Crippen LogP) is 3.64. The number of amides is 1. The highest BCUT2D eigenvalue weighted by Crippen LogP contribution is 2.41. The third kappa shape index (κ3) is 4.32. The predicted molar refractivity (Wildman–Crippen MR) is 145 cm³/mol. The van der Waals surface area contributed by atoms with Crippen molar-refractivity contribution >= 4 is 48.3 Å². The lowest BCUT2D eigenvalue weighted by molar-refractivity contribution is 0.0708. The molecule has 0 radical (unpaired) electrons. The van der Waals surface area contributed by atoms with Gasteiger partial charge in [-0.15, -0.1) is 11.3 Å². The van der Waals surface area contributed by atoms with Crippen LogP contribution < -0.4 is 10.5 Å². The van der Waals surface area contributed by atoms with E-state index in [4.69, 9.17) is 15.5 Å². The van der Waals surface area contributed by atoms with Gasteiger partial charge in [-0.3, -0.25) is 4.79 Å². The van der Waals surface area contributed by atoms with E-state index in [1.54, 1.807) is 19.2 Å². The molecule has 3 aromatic heterocycles. The van der Waals surface area contributed by atoms with Gasteiger partial charge in [0, 0.05) is 49.9 Å². The van der Waals surface area contributed by atoms with E-state index in [1.165, 1.54) is 30.4 Å². The number of likely N-dealkylation sites (tertiary alicyclic amines) is 1. The number of ether oxygens (including phenoxy) is 1. The van der Waals surface area contributed by atoms with Gasteiger partial charge in [-0.25, -0.2) is 13.4 Å². The van der Waals surface area contributed by atoms with Crippen LogP contribution in [-0.4, -0.2) is 65.8 Å². The zero-order valence-electron chi connectivity index (χ0n) is 21.2. The molecule has 1 saturated carbocycles. The van der Waals surface area contributed by atoms with Gasteiger partial charge in [-0.1, -0.05) is 0 Å². The molecular formula is C26H31N5O4S2. The number of nitrogens with two attached hydrogens (primary N) is 1. The molecule has 4 heterocycles. The SMILES string of the molecule is COc1cc(C(=O)N2CCC[C@@H](N)C2)cc2nc(-c3cc4cc(S(C)(=O)=O)sc4n3CC3CC3)n(C)c12. The summed E-state index contributed by atoms with van der Waals surface area (Å²) in [5.41, 5.74) is 9.08. The Hall–Kier alpha value is -2.89. The number of hydrogen-bond acceptors (Lipinski definition) is 7. The Balaban J connectivity index is 1.47. The number of imidazole rings is 1. The van der Waals surface area contributed by atoms with Crippen LogP contribution in [-0.2, 0) is 23.4 Å². The summed E-state index contributed by atoms with van der Waals surface area (Å²) in [5, 5.41) is 0.900. The summed E-state index contributed by atoms with van der Waals surface area (Å²) in [7, 11) is 0.268. The van der Waals surface area contributed by atoms with E-state index in [0.29, 0.717) is 40.0 Å². The second kappa shape index (κ2) is 8.85. The Morgan fingerprint density at radius 3 is 2.68 bits per heavy atom. The highest BCUT2D eigenvalue weighted by Gasteiger charge is 2.29. The Morgan fingerprint density at radius 1 is 1.22 bits per heavy atom. The lowest BCUT2D eigenvalue weighted by Crippen LogP contribution is -2.45. The molecule has 11 heteroatoms. The van der Waals surface area contributed by atoms with Crippen LogP contribution in [0.1, 0.15) is 36.0 Å². The zero-order valence-corrected chi connectivity index (χ0v) is 22.9. The maximum absolute atomic E-state index is 13.3. The van der Waals surface area contributed by atoms with Crippen LogP contribution >= 0.6 is 11.3 Å². The van der Waals surface area contributed by atoms with Gasteiger partial charge < -0.3 is 24.5 Å². The molecule has 1 aliphatic heterocycles. The lowest BCUT2D eigenvalue weighted by atomic mass is 10.0. The summed E-state index contributed by atoms with van der Waals surface area (Å²) < 4.78 is 34.7. The van der Waals surface area contributed by atoms with E-state index in [9.17, 15) is 13.2 Å². The largest absolute Gasteiger partial charge is 0.494 e. The molecule has 196 valence electrons. The molecule has 1 atom stereocenters. The second-order valence-corrected chi connectivity index (χ2v) is 13.6. The third-order valence-corrected chi connectivity index (χ3v) is 10.4. The second-order valence-electron chi connectivity index (χ2n) is 10.4. The van der Waals surface area contributed by atoms with Gasteiger partial charge in [0.05, 0.1) is 18.3 Å². The van der Waals surface area contributed by atoms with Crippen molar-refractivity contribution in [2.75, 3.05) is 26.5 Å². The third-order valence-electron chi connectivity index (χ3n) is 7.42. The molecule has 1 saturated heterocycles. The van der Waals surface area contributed by atoms with Crippen LogP contribution in [0.5, 0.6) is 5.75 Å². The smallest absolute Gasteiger partial charge is 0.254 e. The highest BCUT2D eigenvalue weighted by atomic mass is 32.2. The van der Waals surface area contributed by atoms with E-state index in [0.717, 1.165) is 46.6 Å². The number of carbonyl (C=O) groups is 1. The number of sulfone groups is 1. The molecule has 4 aromatic rings. The van der Waals surface area contributed by atoms with Gasteiger partial charge >= 0.3 is 0 Å². The number of thiophene rings is 1. The number of methoxy groups -OCH3 is 1. The highest BCUT2D eigenvalue weighted by molar-refractivity contribution is 7.92. The average molecular weight is 542 g/mol. The van der Waals surface area contributed by atoms with Crippen molar-refractivity contribution in [2.45, 2.75) is 42.5 Å². The first-order valence-electron chi connectivity index (χ1n) is 12.6. The minimum absolute atomic E-state index is 0.00103.